The first kappa shape index (κ1) is 17.2. The molecule has 0 aromatic heterocycles. The second kappa shape index (κ2) is 7.97. The van der Waals surface area contributed by atoms with Crippen molar-refractivity contribution in [2.45, 2.75) is 39.0 Å². The van der Waals surface area contributed by atoms with Crippen molar-refractivity contribution in [3.63, 3.8) is 0 Å². The van der Waals surface area contributed by atoms with Crippen LogP contribution in [-0.2, 0) is 33.6 Å². The Morgan fingerprint density at radius 3 is 2.64 bits per heavy atom. The third-order valence-electron chi connectivity index (χ3n) is 4.43. The molecule has 0 bridgehead atoms. The molecule has 1 N–H and O–H groups in total. The summed E-state index contributed by atoms with van der Waals surface area (Å²) in [5, 5.41) is 2.73. The number of esters is 1. The number of benzene rings is 2. The largest absolute Gasteiger partial charge is 0.455 e. The van der Waals surface area contributed by atoms with Gasteiger partial charge in [-0.05, 0) is 67.0 Å². The van der Waals surface area contributed by atoms with Crippen molar-refractivity contribution in [3.8, 4) is 0 Å². The number of carbonyl (C=O) groups is 2. The van der Waals surface area contributed by atoms with E-state index in [1.165, 1.54) is 24.0 Å². The van der Waals surface area contributed by atoms with Gasteiger partial charge in [-0.25, -0.2) is 0 Å². The van der Waals surface area contributed by atoms with E-state index in [1.807, 2.05) is 31.2 Å². The zero-order chi connectivity index (χ0) is 17.6. The van der Waals surface area contributed by atoms with Gasteiger partial charge in [0.25, 0.3) is 5.91 Å². The SMILES string of the molecule is Cc1cccc(NC(=O)COC(=O)Cc2ccc3c(c2)CCCC3)c1. The molecule has 3 rings (SSSR count). The van der Waals surface area contributed by atoms with Crippen LogP contribution in [0.2, 0.25) is 0 Å². The van der Waals surface area contributed by atoms with Crippen LogP contribution in [0.3, 0.4) is 0 Å². The minimum atomic E-state index is -0.379. The fraction of sp³-hybridized carbons (Fsp3) is 0.333. The molecule has 2 aromatic carbocycles. The van der Waals surface area contributed by atoms with E-state index >= 15 is 0 Å². The van der Waals surface area contributed by atoms with E-state index in [-0.39, 0.29) is 24.9 Å². The van der Waals surface area contributed by atoms with Gasteiger partial charge in [-0.3, -0.25) is 9.59 Å². The summed E-state index contributed by atoms with van der Waals surface area (Å²) in [5.74, 6) is -0.709. The summed E-state index contributed by atoms with van der Waals surface area (Å²) in [5.41, 5.74) is 5.44. The van der Waals surface area contributed by atoms with E-state index in [4.69, 9.17) is 4.74 Å². The first-order valence-electron chi connectivity index (χ1n) is 8.73. The third kappa shape index (κ3) is 4.92. The van der Waals surface area contributed by atoms with Gasteiger partial charge in [0.2, 0.25) is 0 Å². The van der Waals surface area contributed by atoms with E-state index in [0.717, 1.165) is 24.0 Å². The van der Waals surface area contributed by atoms with Crippen molar-refractivity contribution in [1.82, 2.24) is 0 Å². The van der Waals surface area contributed by atoms with Crippen LogP contribution >= 0.6 is 0 Å². The number of anilines is 1. The first-order valence-corrected chi connectivity index (χ1v) is 8.73. The molecule has 0 unspecified atom stereocenters. The zero-order valence-electron chi connectivity index (χ0n) is 14.5. The average molecular weight is 337 g/mol. The lowest BCUT2D eigenvalue weighted by molar-refractivity contribution is -0.146. The van der Waals surface area contributed by atoms with Gasteiger partial charge in [0.15, 0.2) is 6.61 Å². The Hall–Kier alpha value is -2.62. The lowest BCUT2D eigenvalue weighted by Gasteiger charge is -2.16. The number of fused-ring (bicyclic) bond motifs is 1. The highest BCUT2D eigenvalue weighted by Crippen LogP contribution is 2.22. The fourth-order valence-corrected chi connectivity index (χ4v) is 3.18. The minimum absolute atomic E-state index is 0.199. The zero-order valence-corrected chi connectivity index (χ0v) is 14.5. The number of amides is 1. The molecule has 130 valence electrons. The average Bonchev–Trinajstić information content (AvgIpc) is 2.60. The molecule has 0 fully saturated rings. The maximum absolute atomic E-state index is 12.0. The van der Waals surface area contributed by atoms with Gasteiger partial charge in [0.1, 0.15) is 0 Å². The molecular formula is C21H23NO3. The van der Waals surface area contributed by atoms with Gasteiger partial charge in [-0.1, -0.05) is 30.3 Å². The summed E-state index contributed by atoms with van der Waals surface area (Å²) in [7, 11) is 0. The van der Waals surface area contributed by atoms with Crippen molar-refractivity contribution < 1.29 is 14.3 Å². The van der Waals surface area contributed by atoms with E-state index in [9.17, 15) is 9.59 Å². The van der Waals surface area contributed by atoms with Crippen LogP contribution in [0, 0.1) is 6.92 Å². The van der Waals surface area contributed by atoms with Crippen LogP contribution in [0.1, 0.15) is 35.1 Å². The monoisotopic (exact) mass is 337 g/mol. The molecule has 0 atom stereocenters. The quantitative estimate of drug-likeness (QED) is 0.848. The van der Waals surface area contributed by atoms with Crippen molar-refractivity contribution in [2.24, 2.45) is 0 Å². The van der Waals surface area contributed by atoms with Gasteiger partial charge in [0.05, 0.1) is 6.42 Å². The molecule has 0 heterocycles. The van der Waals surface area contributed by atoms with Crippen molar-refractivity contribution >= 4 is 17.6 Å². The summed E-state index contributed by atoms with van der Waals surface area (Å²) in [6.45, 7) is 1.69. The molecular weight excluding hydrogens is 314 g/mol. The second-order valence-corrected chi connectivity index (χ2v) is 6.57. The molecule has 2 aromatic rings. The highest BCUT2D eigenvalue weighted by atomic mass is 16.5. The molecule has 0 saturated carbocycles. The van der Waals surface area contributed by atoms with Crippen LogP contribution in [0.25, 0.3) is 0 Å². The molecule has 0 spiro atoms. The number of nitrogens with one attached hydrogen (secondary N) is 1. The van der Waals surface area contributed by atoms with Gasteiger partial charge in [-0.15, -0.1) is 0 Å². The van der Waals surface area contributed by atoms with Crippen LogP contribution < -0.4 is 5.32 Å². The van der Waals surface area contributed by atoms with Crippen molar-refractivity contribution in [3.05, 3.63) is 64.7 Å². The smallest absolute Gasteiger partial charge is 0.310 e. The number of ether oxygens (including phenoxy) is 1. The van der Waals surface area contributed by atoms with Crippen molar-refractivity contribution in [2.75, 3.05) is 11.9 Å². The highest BCUT2D eigenvalue weighted by molar-refractivity contribution is 5.92. The normalized spacial score (nSPS) is 13.0. The Morgan fingerprint density at radius 1 is 1.04 bits per heavy atom. The Kier molecular flexibility index (Phi) is 5.49. The van der Waals surface area contributed by atoms with Crippen LogP contribution in [0.5, 0.6) is 0 Å². The molecule has 4 heteroatoms. The predicted octanol–water partition coefficient (Wildman–Crippen LogP) is 3.60. The maximum atomic E-state index is 12.0. The molecule has 1 aliphatic rings. The second-order valence-electron chi connectivity index (χ2n) is 6.57. The topological polar surface area (TPSA) is 55.4 Å². The molecule has 4 nitrogen and oxygen atoms in total. The third-order valence-corrected chi connectivity index (χ3v) is 4.43. The number of aryl methyl sites for hydroxylation is 3. The van der Waals surface area contributed by atoms with E-state index < -0.39 is 0 Å². The molecule has 0 saturated heterocycles. The predicted molar refractivity (Wildman–Crippen MR) is 97.6 cm³/mol. The summed E-state index contributed by atoms with van der Waals surface area (Å²) < 4.78 is 5.10. The Morgan fingerprint density at radius 2 is 1.84 bits per heavy atom. The van der Waals surface area contributed by atoms with E-state index in [1.54, 1.807) is 6.07 Å². The Labute approximate surface area is 148 Å². The molecule has 0 aliphatic heterocycles. The molecule has 25 heavy (non-hydrogen) atoms. The molecule has 0 radical (unpaired) electrons. The maximum Gasteiger partial charge on any atom is 0.310 e. The van der Waals surface area contributed by atoms with Crippen molar-refractivity contribution in [1.29, 1.82) is 0 Å². The van der Waals surface area contributed by atoms with E-state index in [2.05, 4.69) is 17.4 Å². The summed E-state index contributed by atoms with van der Waals surface area (Å²) in [4.78, 5) is 23.9. The summed E-state index contributed by atoms with van der Waals surface area (Å²) in [6.07, 6.45) is 4.85. The standard InChI is InChI=1S/C21H23NO3/c1-15-5-4-8-19(11-15)22-20(23)14-25-21(24)13-16-9-10-17-6-2-3-7-18(17)12-16/h4-5,8-12H,2-3,6-7,13-14H2,1H3,(H,22,23). The highest BCUT2D eigenvalue weighted by Gasteiger charge is 2.13. The van der Waals surface area contributed by atoms with Crippen LogP contribution in [-0.4, -0.2) is 18.5 Å². The Balaban J connectivity index is 1.48. The van der Waals surface area contributed by atoms with Crippen LogP contribution in [0.4, 0.5) is 5.69 Å². The van der Waals surface area contributed by atoms with Crippen LogP contribution in [0.15, 0.2) is 42.5 Å². The Bertz CT molecular complexity index is 782. The first-order chi connectivity index (χ1) is 12.1. The fourth-order valence-electron chi connectivity index (χ4n) is 3.18. The summed E-state index contributed by atoms with van der Waals surface area (Å²) >= 11 is 0. The van der Waals surface area contributed by atoms with Gasteiger partial charge < -0.3 is 10.1 Å². The van der Waals surface area contributed by atoms with Gasteiger partial charge in [-0.2, -0.15) is 0 Å². The minimum Gasteiger partial charge on any atom is -0.455 e. The lowest BCUT2D eigenvalue weighted by Crippen LogP contribution is -2.21. The van der Waals surface area contributed by atoms with E-state index in [0.29, 0.717) is 5.69 Å². The number of carbonyl (C=O) groups excluding carboxylic acids is 2. The number of hydrogen-bond donors (Lipinski definition) is 1. The van der Waals surface area contributed by atoms with Gasteiger partial charge in [0, 0.05) is 5.69 Å². The lowest BCUT2D eigenvalue weighted by atomic mass is 9.90. The molecule has 1 amide bonds. The van der Waals surface area contributed by atoms with Gasteiger partial charge >= 0.3 is 5.97 Å². The molecule has 1 aliphatic carbocycles. The number of hydrogen-bond acceptors (Lipinski definition) is 3. The summed E-state index contributed by atoms with van der Waals surface area (Å²) in [6, 6.07) is 13.7. The number of rotatable bonds is 5.